The van der Waals surface area contributed by atoms with Crippen molar-refractivity contribution < 1.29 is 9.18 Å². The molecule has 0 aromatic carbocycles. The van der Waals surface area contributed by atoms with Crippen molar-refractivity contribution in [2.24, 2.45) is 5.92 Å². The molecule has 0 spiro atoms. The predicted molar refractivity (Wildman–Crippen MR) is 79.8 cm³/mol. The Morgan fingerprint density at radius 1 is 1.43 bits per heavy atom. The normalized spacial score (nSPS) is 30.5. The molecule has 3 rings (SSSR count). The van der Waals surface area contributed by atoms with E-state index in [2.05, 4.69) is 15.4 Å². The summed E-state index contributed by atoms with van der Waals surface area (Å²) < 4.78 is 15.2. The van der Waals surface area contributed by atoms with Crippen LogP contribution in [-0.4, -0.2) is 56.9 Å². The lowest BCUT2D eigenvalue weighted by Crippen LogP contribution is -2.43. The first-order valence-corrected chi connectivity index (χ1v) is 8.04. The maximum Gasteiger partial charge on any atom is 0.237 e. The van der Waals surface area contributed by atoms with Gasteiger partial charge in [-0.05, 0) is 25.2 Å². The van der Waals surface area contributed by atoms with E-state index in [0.717, 1.165) is 25.8 Å². The Balaban J connectivity index is 1.42. The molecular weight excluding hydrogens is 299 g/mol. The SMILES string of the molecule is N#C[C@@H]1C[C@H](F)CN1C(=O)CN[C@@H]1CC[C@@H](Cn2cncn2)C1. The number of halogens is 1. The van der Waals surface area contributed by atoms with Crippen molar-refractivity contribution in [2.75, 3.05) is 13.1 Å². The summed E-state index contributed by atoms with van der Waals surface area (Å²) in [5.74, 6) is 0.342. The van der Waals surface area contributed by atoms with Crippen LogP contribution in [0, 0.1) is 17.2 Å². The fourth-order valence-electron chi connectivity index (χ4n) is 3.53. The summed E-state index contributed by atoms with van der Waals surface area (Å²) in [5, 5.41) is 16.4. The number of carbonyl (C=O) groups excluding carboxylic acids is 1. The molecule has 23 heavy (non-hydrogen) atoms. The zero-order chi connectivity index (χ0) is 16.2. The topological polar surface area (TPSA) is 86.8 Å². The number of hydrogen-bond donors (Lipinski definition) is 1. The van der Waals surface area contributed by atoms with Crippen molar-refractivity contribution in [3.05, 3.63) is 12.7 Å². The Morgan fingerprint density at radius 2 is 2.30 bits per heavy atom. The zero-order valence-corrected chi connectivity index (χ0v) is 12.9. The molecule has 1 amide bonds. The fraction of sp³-hybridized carbons (Fsp3) is 0.733. The predicted octanol–water partition coefficient (Wildman–Crippen LogP) is 0.499. The molecule has 2 heterocycles. The smallest absolute Gasteiger partial charge is 0.237 e. The second kappa shape index (κ2) is 7.04. The minimum Gasteiger partial charge on any atom is -0.323 e. The number of nitrogens with one attached hydrogen (secondary N) is 1. The average Bonchev–Trinajstić information content (AvgIpc) is 3.26. The van der Waals surface area contributed by atoms with E-state index in [1.54, 1.807) is 6.33 Å². The summed E-state index contributed by atoms with van der Waals surface area (Å²) in [6.07, 6.45) is 5.38. The van der Waals surface area contributed by atoms with Gasteiger partial charge in [-0.2, -0.15) is 10.4 Å². The van der Waals surface area contributed by atoms with Crippen LogP contribution in [0.2, 0.25) is 0 Å². The third-order valence-corrected chi connectivity index (χ3v) is 4.71. The summed E-state index contributed by atoms with van der Waals surface area (Å²) in [6.45, 7) is 1.06. The average molecular weight is 320 g/mol. The van der Waals surface area contributed by atoms with Crippen LogP contribution in [0.15, 0.2) is 12.7 Å². The molecule has 1 saturated heterocycles. The van der Waals surface area contributed by atoms with E-state index in [0.29, 0.717) is 5.92 Å². The number of nitrogens with zero attached hydrogens (tertiary/aromatic N) is 5. The molecule has 7 nitrogen and oxygen atoms in total. The number of aromatic nitrogens is 3. The van der Waals surface area contributed by atoms with E-state index in [1.807, 2.05) is 10.8 Å². The number of carbonyl (C=O) groups is 1. The Hall–Kier alpha value is -2.01. The minimum atomic E-state index is -1.08. The molecule has 8 heteroatoms. The molecular formula is C15H21FN6O. The van der Waals surface area contributed by atoms with Crippen molar-refractivity contribution in [1.82, 2.24) is 25.0 Å². The van der Waals surface area contributed by atoms with E-state index in [4.69, 9.17) is 5.26 Å². The first-order chi connectivity index (χ1) is 11.2. The molecule has 0 unspecified atom stereocenters. The van der Waals surface area contributed by atoms with Crippen molar-refractivity contribution in [2.45, 2.75) is 50.5 Å². The van der Waals surface area contributed by atoms with Crippen molar-refractivity contribution in [3.8, 4) is 6.07 Å². The molecule has 1 aromatic rings. The van der Waals surface area contributed by atoms with E-state index >= 15 is 0 Å². The third-order valence-electron chi connectivity index (χ3n) is 4.71. The molecule has 1 N–H and O–H groups in total. The van der Waals surface area contributed by atoms with Gasteiger partial charge in [0.05, 0.1) is 19.2 Å². The van der Waals surface area contributed by atoms with Crippen LogP contribution < -0.4 is 5.32 Å². The van der Waals surface area contributed by atoms with Gasteiger partial charge >= 0.3 is 0 Å². The molecule has 1 saturated carbocycles. The highest BCUT2D eigenvalue weighted by Crippen LogP contribution is 2.27. The lowest BCUT2D eigenvalue weighted by Gasteiger charge is -2.21. The Bertz CT molecular complexity index is 571. The molecule has 1 aromatic heterocycles. The molecule has 2 fully saturated rings. The first-order valence-electron chi connectivity index (χ1n) is 8.04. The number of hydrogen-bond acceptors (Lipinski definition) is 5. The van der Waals surface area contributed by atoms with E-state index in [-0.39, 0.29) is 31.5 Å². The summed E-state index contributed by atoms with van der Waals surface area (Å²) in [7, 11) is 0. The second-order valence-electron chi connectivity index (χ2n) is 6.40. The number of alkyl halides is 1. The summed E-state index contributed by atoms with van der Waals surface area (Å²) >= 11 is 0. The molecule has 4 atom stereocenters. The summed E-state index contributed by atoms with van der Waals surface area (Å²) in [5.41, 5.74) is 0. The van der Waals surface area contributed by atoms with Crippen LogP contribution in [0.3, 0.4) is 0 Å². The number of nitriles is 1. The molecule has 2 aliphatic rings. The standard InChI is InChI=1S/C15H21FN6O/c16-12-4-14(5-17)22(8-12)15(23)6-19-13-2-1-11(3-13)7-21-10-18-9-20-21/h9-14,19H,1-4,6-8H2/t11-,12+,13-,14+/m1/s1. The van der Waals surface area contributed by atoms with Gasteiger partial charge in [-0.3, -0.25) is 9.48 Å². The number of likely N-dealkylation sites (tertiary alicyclic amines) is 1. The maximum atomic E-state index is 13.4. The Labute approximate surface area is 134 Å². The van der Waals surface area contributed by atoms with Crippen LogP contribution in [0.25, 0.3) is 0 Å². The zero-order valence-electron chi connectivity index (χ0n) is 12.9. The highest BCUT2D eigenvalue weighted by atomic mass is 19.1. The van der Waals surface area contributed by atoms with E-state index < -0.39 is 12.2 Å². The van der Waals surface area contributed by atoms with Gasteiger partial charge in [-0.25, -0.2) is 9.37 Å². The van der Waals surface area contributed by atoms with Crippen LogP contribution in [-0.2, 0) is 11.3 Å². The quantitative estimate of drug-likeness (QED) is 0.853. The van der Waals surface area contributed by atoms with Gasteiger partial charge in [0.15, 0.2) is 0 Å². The van der Waals surface area contributed by atoms with Gasteiger partial charge < -0.3 is 10.2 Å². The lowest BCUT2D eigenvalue weighted by atomic mass is 10.1. The monoisotopic (exact) mass is 320 g/mol. The van der Waals surface area contributed by atoms with Crippen LogP contribution >= 0.6 is 0 Å². The molecule has 0 radical (unpaired) electrons. The minimum absolute atomic E-state index is 0.0400. The van der Waals surface area contributed by atoms with Gasteiger partial charge in [0.1, 0.15) is 24.9 Å². The van der Waals surface area contributed by atoms with Gasteiger partial charge in [-0.15, -0.1) is 0 Å². The maximum absolute atomic E-state index is 13.4. The van der Waals surface area contributed by atoms with Crippen molar-refractivity contribution in [1.29, 1.82) is 5.26 Å². The van der Waals surface area contributed by atoms with Gasteiger partial charge in [0.25, 0.3) is 0 Å². The second-order valence-corrected chi connectivity index (χ2v) is 6.40. The molecule has 1 aliphatic heterocycles. The third kappa shape index (κ3) is 3.85. The Morgan fingerprint density at radius 3 is 3.04 bits per heavy atom. The van der Waals surface area contributed by atoms with Crippen molar-refractivity contribution in [3.63, 3.8) is 0 Å². The number of rotatable bonds is 5. The number of amides is 1. The van der Waals surface area contributed by atoms with Crippen LogP contribution in [0.1, 0.15) is 25.7 Å². The van der Waals surface area contributed by atoms with E-state index in [1.165, 1.54) is 11.2 Å². The van der Waals surface area contributed by atoms with Crippen LogP contribution in [0.4, 0.5) is 4.39 Å². The van der Waals surface area contributed by atoms with Gasteiger partial charge in [0, 0.05) is 19.0 Å². The summed E-state index contributed by atoms with van der Waals surface area (Å²) in [4.78, 5) is 17.5. The molecule has 1 aliphatic carbocycles. The van der Waals surface area contributed by atoms with Crippen molar-refractivity contribution >= 4 is 5.91 Å². The first kappa shape index (κ1) is 15.9. The Kier molecular flexibility index (Phi) is 4.86. The molecule has 124 valence electrons. The summed E-state index contributed by atoms with van der Waals surface area (Å²) in [6, 6.07) is 1.67. The van der Waals surface area contributed by atoms with Gasteiger partial charge in [-0.1, -0.05) is 0 Å². The highest BCUT2D eigenvalue weighted by molar-refractivity contribution is 5.79. The fourth-order valence-corrected chi connectivity index (χ4v) is 3.53. The van der Waals surface area contributed by atoms with Crippen LogP contribution in [0.5, 0.6) is 0 Å². The largest absolute Gasteiger partial charge is 0.323 e. The lowest BCUT2D eigenvalue weighted by molar-refractivity contribution is -0.130. The van der Waals surface area contributed by atoms with E-state index in [9.17, 15) is 9.18 Å². The van der Waals surface area contributed by atoms with Gasteiger partial charge in [0.2, 0.25) is 5.91 Å². The molecule has 0 bridgehead atoms. The highest BCUT2D eigenvalue weighted by Gasteiger charge is 2.35.